The molecule has 0 aliphatic carbocycles. The van der Waals surface area contributed by atoms with Crippen LogP contribution in [-0.4, -0.2) is 32.4 Å². The molecule has 0 saturated heterocycles. The zero-order valence-electron chi connectivity index (χ0n) is 10.8. The zero-order chi connectivity index (χ0) is 13.3. The average Bonchev–Trinajstić information content (AvgIpc) is 2.73. The number of sulfone groups is 1. The predicted octanol–water partition coefficient (Wildman–Crippen LogP) is 1.45. The van der Waals surface area contributed by atoms with Crippen molar-refractivity contribution < 1.29 is 13.2 Å². The van der Waals surface area contributed by atoms with Gasteiger partial charge in [-0.3, -0.25) is 4.79 Å². The monoisotopic (exact) mass is 304 g/mol. The van der Waals surface area contributed by atoms with Gasteiger partial charge < -0.3 is 10.6 Å². The third-order valence-corrected chi connectivity index (χ3v) is 4.59. The van der Waals surface area contributed by atoms with E-state index in [1.54, 1.807) is 6.07 Å². The number of rotatable bonds is 3. The number of halogens is 1. The lowest BCUT2D eigenvalue weighted by Gasteiger charge is -2.11. The molecule has 1 aromatic carbocycles. The smallest absolute Gasteiger partial charge is 0.242 e. The fourth-order valence-electron chi connectivity index (χ4n) is 1.82. The molecule has 2 rings (SSSR count). The molecule has 7 heteroatoms. The second-order valence-corrected chi connectivity index (χ2v) is 6.88. The number of carbonyl (C=O) groups excluding carboxylic acids is 1. The van der Waals surface area contributed by atoms with Gasteiger partial charge in [0.05, 0.1) is 0 Å². The van der Waals surface area contributed by atoms with Gasteiger partial charge >= 0.3 is 0 Å². The second-order valence-electron chi connectivity index (χ2n) is 4.51. The first-order chi connectivity index (χ1) is 8.38. The highest BCUT2D eigenvalue weighted by molar-refractivity contribution is 7.92. The van der Waals surface area contributed by atoms with Crippen molar-refractivity contribution in [1.82, 2.24) is 0 Å². The summed E-state index contributed by atoms with van der Waals surface area (Å²) in [6.45, 7) is 2.28. The highest BCUT2D eigenvalue weighted by atomic mass is 35.5. The van der Waals surface area contributed by atoms with Crippen LogP contribution in [0.3, 0.4) is 0 Å². The molecule has 1 unspecified atom stereocenters. The Hall–Kier alpha value is -1.27. The fourth-order valence-corrected chi connectivity index (χ4v) is 2.27. The van der Waals surface area contributed by atoms with Gasteiger partial charge in [-0.2, -0.15) is 0 Å². The normalized spacial score (nSPS) is 14.8. The zero-order valence-corrected chi connectivity index (χ0v) is 12.4. The molecule has 0 aromatic heterocycles. The summed E-state index contributed by atoms with van der Waals surface area (Å²) in [6, 6.07) is 5.54. The van der Waals surface area contributed by atoms with E-state index in [1.807, 2.05) is 12.1 Å². The molecule has 0 bridgehead atoms. The molecule has 1 aliphatic heterocycles. The molecule has 1 heterocycles. The van der Waals surface area contributed by atoms with E-state index < -0.39 is 21.0 Å². The van der Waals surface area contributed by atoms with Gasteiger partial charge in [-0.15, -0.1) is 12.4 Å². The molecule has 19 heavy (non-hydrogen) atoms. The Morgan fingerprint density at radius 2 is 2.11 bits per heavy atom. The SMILES string of the molecule is CC(C(=O)Nc1ccc2c(c1)CCN2)S(C)(=O)=O.Cl. The minimum atomic E-state index is -3.36. The van der Waals surface area contributed by atoms with Gasteiger partial charge in [-0.05, 0) is 37.1 Å². The van der Waals surface area contributed by atoms with Crippen LogP contribution in [0.4, 0.5) is 11.4 Å². The number of hydrogen-bond acceptors (Lipinski definition) is 4. The number of carbonyl (C=O) groups is 1. The number of nitrogens with one attached hydrogen (secondary N) is 2. The first-order valence-corrected chi connectivity index (χ1v) is 7.70. The molecule has 0 saturated carbocycles. The van der Waals surface area contributed by atoms with E-state index >= 15 is 0 Å². The molecular formula is C12H17ClN2O3S. The van der Waals surface area contributed by atoms with E-state index in [0.29, 0.717) is 5.69 Å². The minimum Gasteiger partial charge on any atom is -0.384 e. The predicted molar refractivity (Wildman–Crippen MR) is 78.8 cm³/mol. The molecule has 0 fully saturated rings. The summed E-state index contributed by atoms with van der Waals surface area (Å²) >= 11 is 0. The number of benzene rings is 1. The number of amides is 1. The van der Waals surface area contributed by atoms with Crippen molar-refractivity contribution in [2.75, 3.05) is 23.4 Å². The summed E-state index contributed by atoms with van der Waals surface area (Å²) in [5.74, 6) is -0.497. The fraction of sp³-hybridized carbons (Fsp3) is 0.417. The van der Waals surface area contributed by atoms with E-state index in [4.69, 9.17) is 0 Å². The number of fused-ring (bicyclic) bond motifs is 1. The summed E-state index contributed by atoms with van der Waals surface area (Å²) in [7, 11) is -3.36. The molecular weight excluding hydrogens is 288 g/mol. The summed E-state index contributed by atoms with van der Waals surface area (Å²) in [5.41, 5.74) is 2.85. The minimum absolute atomic E-state index is 0. The molecule has 0 spiro atoms. The third-order valence-electron chi connectivity index (χ3n) is 3.09. The molecule has 5 nitrogen and oxygen atoms in total. The van der Waals surface area contributed by atoms with Crippen LogP contribution in [0.5, 0.6) is 0 Å². The van der Waals surface area contributed by atoms with E-state index in [2.05, 4.69) is 10.6 Å². The molecule has 1 amide bonds. The van der Waals surface area contributed by atoms with Gasteiger partial charge in [-0.25, -0.2) is 8.42 Å². The molecule has 1 aromatic rings. The van der Waals surface area contributed by atoms with Crippen molar-refractivity contribution in [3.8, 4) is 0 Å². The van der Waals surface area contributed by atoms with Gasteiger partial charge in [-0.1, -0.05) is 0 Å². The Balaban J connectivity index is 0.00000180. The third kappa shape index (κ3) is 3.61. The van der Waals surface area contributed by atoms with Gasteiger partial charge in [0.2, 0.25) is 5.91 Å². The highest BCUT2D eigenvalue weighted by Crippen LogP contribution is 2.25. The largest absolute Gasteiger partial charge is 0.384 e. The lowest BCUT2D eigenvalue weighted by Crippen LogP contribution is -2.31. The Kier molecular flexibility index (Phi) is 4.81. The van der Waals surface area contributed by atoms with Crippen molar-refractivity contribution >= 4 is 39.5 Å². The van der Waals surface area contributed by atoms with Gasteiger partial charge in [0.15, 0.2) is 9.84 Å². The standard InChI is InChI=1S/C12H16N2O3S.ClH/c1-8(18(2,16)17)12(15)14-10-3-4-11-9(7-10)5-6-13-11;/h3-4,7-8,13H,5-6H2,1-2H3,(H,14,15);1H. The van der Waals surface area contributed by atoms with Crippen LogP contribution < -0.4 is 10.6 Å². The van der Waals surface area contributed by atoms with Crippen molar-refractivity contribution in [1.29, 1.82) is 0 Å². The van der Waals surface area contributed by atoms with Crippen molar-refractivity contribution in [3.05, 3.63) is 23.8 Å². The molecule has 1 aliphatic rings. The quantitative estimate of drug-likeness (QED) is 0.886. The lowest BCUT2D eigenvalue weighted by molar-refractivity contribution is -0.115. The second kappa shape index (κ2) is 5.79. The Morgan fingerprint density at radius 3 is 2.74 bits per heavy atom. The van der Waals surface area contributed by atoms with Gasteiger partial charge in [0.25, 0.3) is 0 Å². The van der Waals surface area contributed by atoms with Gasteiger partial charge in [0, 0.05) is 24.2 Å². The maximum atomic E-state index is 11.8. The molecule has 2 N–H and O–H groups in total. The summed E-state index contributed by atoms with van der Waals surface area (Å²) in [4.78, 5) is 11.8. The maximum Gasteiger partial charge on any atom is 0.242 e. The number of hydrogen-bond donors (Lipinski definition) is 2. The van der Waals surface area contributed by atoms with Crippen LogP contribution in [0.1, 0.15) is 12.5 Å². The Morgan fingerprint density at radius 1 is 1.42 bits per heavy atom. The summed E-state index contributed by atoms with van der Waals surface area (Å²) in [5, 5.41) is 4.81. The topological polar surface area (TPSA) is 75.3 Å². The van der Waals surface area contributed by atoms with Crippen molar-refractivity contribution in [2.24, 2.45) is 0 Å². The van der Waals surface area contributed by atoms with E-state index in [1.165, 1.54) is 6.92 Å². The summed E-state index contributed by atoms with van der Waals surface area (Å²) in [6.07, 6.45) is 1.98. The molecule has 0 radical (unpaired) electrons. The van der Waals surface area contributed by atoms with Crippen LogP contribution in [0, 0.1) is 0 Å². The van der Waals surface area contributed by atoms with Crippen LogP contribution in [0.2, 0.25) is 0 Å². The number of anilines is 2. The van der Waals surface area contributed by atoms with Crippen LogP contribution in [0.25, 0.3) is 0 Å². The van der Waals surface area contributed by atoms with Gasteiger partial charge in [0.1, 0.15) is 5.25 Å². The lowest BCUT2D eigenvalue weighted by atomic mass is 10.1. The summed E-state index contributed by atoms with van der Waals surface area (Å²) < 4.78 is 22.6. The average molecular weight is 305 g/mol. The van der Waals surface area contributed by atoms with Crippen LogP contribution in [0.15, 0.2) is 18.2 Å². The molecule has 106 valence electrons. The van der Waals surface area contributed by atoms with Crippen LogP contribution in [-0.2, 0) is 21.1 Å². The van der Waals surface area contributed by atoms with E-state index in [9.17, 15) is 13.2 Å². The van der Waals surface area contributed by atoms with E-state index in [-0.39, 0.29) is 12.4 Å². The van der Waals surface area contributed by atoms with E-state index in [0.717, 1.165) is 30.5 Å². The van der Waals surface area contributed by atoms with Crippen molar-refractivity contribution in [2.45, 2.75) is 18.6 Å². The van der Waals surface area contributed by atoms with Crippen LogP contribution >= 0.6 is 12.4 Å². The Bertz CT molecular complexity index is 587. The Labute approximate surface area is 119 Å². The highest BCUT2D eigenvalue weighted by Gasteiger charge is 2.23. The van der Waals surface area contributed by atoms with Crippen molar-refractivity contribution in [3.63, 3.8) is 0 Å². The maximum absolute atomic E-state index is 11.8. The molecule has 1 atom stereocenters. The first kappa shape index (κ1) is 15.8. The first-order valence-electron chi connectivity index (χ1n) is 5.74.